The van der Waals surface area contributed by atoms with Crippen molar-refractivity contribution >= 4 is 23.2 Å². The molecule has 0 saturated heterocycles. The number of aromatic nitrogens is 2. The van der Waals surface area contributed by atoms with Crippen LogP contribution in [0.1, 0.15) is 17.9 Å². The van der Waals surface area contributed by atoms with Crippen LogP contribution in [-0.4, -0.2) is 16.2 Å². The van der Waals surface area contributed by atoms with E-state index in [1.54, 1.807) is 6.07 Å². The smallest absolute Gasteiger partial charge is 0.155 e. The van der Waals surface area contributed by atoms with Crippen LogP contribution in [0.25, 0.3) is 0 Å². The summed E-state index contributed by atoms with van der Waals surface area (Å²) in [6.07, 6.45) is 0.960. The second-order valence-electron chi connectivity index (χ2n) is 2.92. The summed E-state index contributed by atoms with van der Waals surface area (Å²) in [5.74, 6) is 0.325. The Balaban J connectivity index is 2.36. The summed E-state index contributed by atoms with van der Waals surface area (Å²) in [5, 5.41) is 8.10. The van der Waals surface area contributed by atoms with Gasteiger partial charge in [-0.15, -0.1) is 10.2 Å². The third kappa shape index (κ3) is 1.40. The number of nitrogens with two attached hydrogens (primary N) is 1. The van der Waals surface area contributed by atoms with E-state index in [2.05, 4.69) is 10.2 Å². The van der Waals surface area contributed by atoms with E-state index < -0.39 is 0 Å². The lowest BCUT2D eigenvalue weighted by atomic mass is 10.2. The summed E-state index contributed by atoms with van der Waals surface area (Å²) in [6, 6.07) is 1.94. The first kappa shape index (κ1) is 8.23. The minimum atomic E-state index is 0.211. The van der Waals surface area contributed by atoms with Crippen molar-refractivity contribution in [3.05, 3.63) is 21.9 Å². The molecule has 64 valence electrons. The van der Waals surface area contributed by atoms with Gasteiger partial charge in [-0.2, -0.15) is 0 Å². The van der Waals surface area contributed by atoms with Crippen LogP contribution in [-0.2, 0) is 0 Å². The van der Waals surface area contributed by atoms with Crippen LogP contribution < -0.4 is 5.73 Å². The highest BCUT2D eigenvalue weighted by atomic mass is 35.5. The topological polar surface area (TPSA) is 51.8 Å². The SMILES string of the molecule is N[C@@H]1C[C@H]1c1cc(Cl)nnc1Cl. The van der Waals surface area contributed by atoms with E-state index in [-0.39, 0.29) is 6.04 Å². The maximum absolute atomic E-state index is 5.81. The van der Waals surface area contributed by atoms with Gasteiger partial charge in [0.2, 0.25) is 0 Å². The van der Waals surface area contributed by atoms with Crippen molar-refractivity contribution in [1.82, 2.24) is 10.2 Å². The normalized spacial score (nSPS) is 27.2. The third-order valence-corrected chi connectivity index (χ3v) is 2.46. The van der Waals surface area contributed by atoms with Gasteiger partial charge in [0.15, 0.2) is 10.3 Å². The maximum atomic E-state index is 5.81. The van der Waals surface area contributed by atoms with Crippen LogP contribution in [0.5, 0.6) is 0 Å². The molecule has 1 aliphatic carbocycles. The van der Waals surface area contributed by atoms with Gasteiger partial charge in [0.25, 0.3) is 0 Å². The average molecular weight is 204 g/mol. The molecule has 0 bridgehead atoms. The van der Waals surface area contributed by atoms with Gasteiger partial charge >= 0.3 is 0 Å². The number of hydrogen-bond donors (Lipinski definition) is 1. The minimum Gasteiger partial charge on any atom is -0.327 e. The maximum Gasteiger partial charge on any atom is 0.155 e. The molecule has 0 radical (unpaired) electrons. The Bertz CT molecular complexity index is 316. The molecule has 3 nitrogen and oxygen atoms in total. The van der Waals surface area contributed by atoms with Crippen molar-refractivity contribution in [2.45, 2.75) is 18.4 Å². The van der Waals surface area contributed by atoms with Crippen LogP contribution in [0.2, 0.25) is 10.3 Å². The summed E-state index contributed by atoms with van der Waals surface area (Å²) < 4.78 is 0. The molecule has 1 aromatic rings. The summed E-state index contributed by atoms with van der Waals surface area (Å²) in [5.41, 5.74) is 6.59. The van der Waals surface area contributed by atoms with Crippen molar-refractivity contribution in [3.8, 4) is 0 Å². The Hall–Kier alpha value is -0.380. The lowest BCUT2D eigenvalue weighted by Gasteiger charge is -1.99. The van der Waals surface area contributed by atoms with E-state index in [0.29, 0.717) is 16.2 Å². The quantitative estimate of drug-likeness (QED) is 0.755. The second-order valence-corrected chi connectivity index (χ2v) is 3.66. The van der Waals surface area contributed by atoms with E-state index in [1.165, 1.54) is 0 Å². The first-order chi connectivity index (χ1) is 5.68. The largest absolute Gasteiger partial charge is 0.327 e. The van der Waals surface area contributed by atoms with Crippen LogP contribution in [0, 0.1) is 0 Å². The number of rotatable bonds is 1. The van der Waals surface area contributed by atoms with Gasteiger partial charge < -0.3 is 5.73 Å². The van der Waals surface area contributed by atoms with Crippen LogP contribution >= 0.6 is 23.2 Å². The highest BCUT2D eigenvalue weighted by Gasteiger charge is 2.37. The zero-order chi connectivity index (χ0) is 8.72. The number of nitrogens with zero attached hydrogens (tertiary/aromatic N) is 2. The molecule has 0 aromatic carbocycles. The van der Waals surface area contributed by atoms with Crippen LogP contribution in [0.4, 0.5) is 0 Å². The molecule has 1 heterocycles. The molecule has 1 aliphatic rings. The fraction of sp³-hybridized carbons (Fsp3) is 0.429. The summed E-state index contributed by atoms with van der Waals surface area (Å²) in [6.45, 7) is 0. The van der Waals surface area contributed by atoms with Gasteiger partial charge in [0.05, 0.1) is 0 Å². The van der Waals surface area contributed by atoms with Crippen molar-refractivity contribution in [3.63, 3.8) is 0 Å². The zero-order valence-corrected chi connectivity index (χ0v) is 7.68. The van der Waals surface area contributed by atoms with Gasteiger partial charge in [-0.1, -0.05) is 23.2 Å². The Morgan fingerprint density at radius 2 is 2.08 bits per heavy atom. The van der Waals surface area contributed by atoms with Crippen molar-refractivity contribution in [1.29, 1.82) is 0 Å². The average Bonchev–Trinajstić information content (AvgIpc) is 2.73. The fourth-order valence-electron chi connectivity index (χ4n) is 1.20. The van der Waals surface area contributed by atoms with Crippen LogP contribution in [0.15, 0.2) is 6.07 Å². The monoisotopic (exact) mass is 203 g/mol. The molecule has 12 heavy (non-hydrogen) atoms. The van der Waals surface area contributed by atoms with Gasteiger partial charge in [0.1, 0.15) is 0 Å². The fourth-order valence-corrected chi connectivity index (χ4v) is 1.59. The lowest BCUT2D eigenvalue weighted by molar-refractivity contribution is 0.942. The summed E-state index contributed by atoms with van der Waals surface area (Å²) >= 11 is 11.5. The lowest BCUT2D eigenvalue weighted by Crippen LogP contribution is -2.02. The van der Waals surface area contributed by atoms with Crippen molar-refractivity contribution < 1.29 is 0 Å². The number of halogens is 2. The van der Waals surface area contributed by atoms with Crippen molar-refractivity contribution in [2.24, 2.45) is 5.73 Å². The van der Waals surface area contributed by atoms with E-state index in [1.807, 2.05) is 0 Å². The van der Waals surface area contributed by atoms with Gasteiger partial charge in [-0.25, -0.2) is 0 Å². The first-order valence-corrected chi connectivity index (χ1v) is 4.38. The molecule has 2 atom stereocenters. The summed E-state index contributed by atoms with van der Waals surface area (Å²) in [4.78, 5) is 0. The molecule has 2 N–H and O–H groups in total. The van der Waals surface area contributed by atoms with E-state index >= 15 is 0 Å². The molecule has 0 aliphatic heterocycles. The van der Waals surface area contributed by atoms with Gasteiger partial charge in [-0.3, -0.25) is 0 Å². The molecule has 1 aromatic heterocycles. The second kappa shape index (κ2) is 2.83. The summed E-state index contributed by atoms with van der Waals surface area (Å²) in [7, 11) is 0. The molecular formula is C7H7Cl2N3. The molecule has 0 spiro atoms. The molecule has 0 unspecified atom stereocenters. The van der Waals surface area contributed by atoms with E-state index in [0.717, 1.165) is 12.0 Å². The Kier molecular flexibility index (Phi) is 1.94. The Labute approximate surface area is 79.9 Å². The van der Waals surface area contributed by atoms with Gasteiger partial charge in [-0.05, 0) is 18.1 Å². The molecule has 1 saturated carbocycles. The minimum absolute atomic E-state index is 0.211. The molecule has 1 fully saturated rings. The molecular weight excluding hydrogens is 197 g/mol. The first-order valence-electron chi connectivity index (χ1n) is 3.62. The highest BCUT2D eigenvalue weighted by molar-refractivity contribution is 6.31. The van der Waals surface area contributed by atoms with E-state index in [9.17, 15) is 0 Å². The Morgan fingerprint density at radius 3 is 2.67 bits per heavy atom. The van der Waals surface area contributed by atoms with Crippen LogP contribution in [0.3, 0.4) is 0 Å². The highest BCUT2D eigenvalue weighted by Crippen LogP contribution is 2.41. The molecule has 2 rings (SSSR count). The standard InChI is InChI=1S/C7H7Cl2N3/c8-6-2-4(3-1-5(3)10)7(9)12-11-6/h2-3,5H,1,10H2/t3-,5+/m0/s1. The van der Waals surface area contributed by atoms with Crippen molar-refractivity contribution in [2.75, 3.05) is 0 Å². The predicted molar refractivity (Wildman–Crippen MR) is 47.4 cm³/mol. The predicted octanol–water partition coefficient (Wildman–Crippen LogP) is 1.60. The van der Waals surface area contributed by atoms with Gasteiger partial charge in [0, 0.05) is 12.0 Å². The third-order valence-electron chi connectivity index (χ3n) is 1.99. The molecule has 5 heteroatoms. The van der Waals surface area contributed by atoms with E-state index in [4.69, 9.17) is 28.9 Å². The zero-order valence-electron chi connectivity index (χ0n) is 6.17. The molecule has 0 amide bonds. The number of hydrogen-bond acceptors (Lipinski definition) is 3. The Morgan fingerprint density at radius 1 is 1.42 bits per heavy atom.